The zero-order valence-electron chi connectivity index (χ0n) is 6.83. The van der Waals surface area contributed by atoms with Crippen LogP contribution in [0, 0.1) is 0 Å². The van der Waals surface area contributed by atoms with Gasteiger partial charge in [-0.3, -0.25) is 9.59 Å². The molecular formula is C6H7Br3ClNO2. The number of alkyl halides is 3. The Bertz CT molecular complexity index is 237. The van der Waals surface area contributed by atoms with Crippen molar-refractivity contribution in [1.82, 2.24) is 5.32 Å². The van der Waals surface area contributed by atoms with Gasteiger partial charge in [-0.15, -0.1) is 0 Å². The van der Waals surface area contributed by atoms with Crippen molar-refractivity contribution in [2.24, 2.45) is 0 Å². The third-order valence-electron chi connectivity index (χ3n) is 1.17. The van der Waals surface area contributed by atoms with E-state index in [-0.39, 0.29) is 0 Å². The molecule has 0 aliphatic rings. The van der Waals surface area contributed by atoms with Crippen LogP contribution >= 0.6 is 59.4 Å². The van der Waals surface area contributed by atoms with E-state index in [2.05, 4.69) is 53.1 Å². The van der Waals surface area contributed by atoms with Crippen LogP contribution in [-0.2, 0) is 9.59 Å². The minimum absolute atomic E-state index is 0.438. The van der Waals surface area contributed by atoms with Crippen LogP contribution in [0.2, 0.25) is 0 Å². The molecule has 0 unspecified atom stereocenters. The highest BCUT2D eigenvalue weighted by atomic mass is 80.0. The number of hydrogen-bond acceptors (Lipinski definition) is 2. The van der Waals surface area contributed by atoms with Crippen molar-refractivity contribution in [2.45, 2.75) is 21.5 Å². The summed E-state index contributed by atoms with van der Waals surface area (Å²) in [6.07, 6.45) is 0. The van der Waals surface area contributed by atoms with Gasteiger partial charge < -0.3 is 5.32 Å². The summed E-state index contributed by atoms with van der Waals surface area (Å²) in [4.78, 5) is 22.2. The number of halogens is 4. The quantitative estimate of drug-likeness (QED) is 0.572. The summed E-state index contributed by atoms with van der Waals surface area (Å²) < 4.78 is -1.07. The first kappa shape index (κ1) is 13.9. The van der Waals surface area contributed by atoms with E-state index < -0.39 is 18.8 Å². The van der Waals surface area contributed by atoms with Gasteiger partial charge in [-0.1, -0.05) is 0 Å². The van der Waals surface area contributed by atoms with Crippen molar-refractivity contribution in [3.8, 4) is 0 Å². The zero-order chi connectivity index (χ0) is 10.9. The van der Waals surface area contributed by atoms with Gasteiger partial charge in [0.25, 0.3) is 5.91 Å². The fourth-order valence-electron chi connectivity index (χ4n) is 0.404. The maximum atomic E-state index is 11.3. The van der Waals surface area contributed by atoms with Crippen LogP contribution in [0.3, 0.4) is 0 Å². The molecule has 13 heavy (non-hydrogen) atoms. The Labute approximate surface area is 106 Å². The van der Waals surface area contributed by atoms with Gasteiger partial charge in [-0.2, -0.15) is 0 Å². The summed E-state index contributed by atoms with van der Waals surface area (Å²) in [5.74, 6) is -0.438. The SMILES string of the molecule is CC(C)(NC(=O)C(Br)(Br)Br)C(=O)Cl. The third kappa shape index (κ3) is 4.76. The van der Waals surface area contributed by atoms with Gasteiger partial charge in [0.2, 0.25) is 7.39 Å². The highest BCUT2D eigenvalue weighted by molar-refractivity contribution is 9.40. The minimum Gasteiger partial charge on any atom is -0.340 e. The fraction of sp³-hybridized carbons (Fsp3) is 0.667. The zero-order valence-corrected chi connectivity index (χ0v) is 12.3. The average Bonchev–Trinajstić information content (AvgIpc) is 1.83. The van der Waals surface area contributed by atoms with Crippen LogP contribution in [0.15, 0.2) is 0 Å². The van der Waals surface area contributed by atoms with Gasteiger partial charge in [0.1, 0.15) is 5.54 Å². The van der Waals surface area contributed by atoms with E-state index in [1.165, 1.54) is 13.8 Å². The molecule has 0 aromatic carbocycles. The molecule has 0 rings (SSSR count). The van der Waals surface area contributed by atoms with Gasteiger partial charge in [-0.25, -0.2) is 0 Å². The lowest BCUT2D eigenvalue weighted by Gasteiger charge is -2.24. The predicted molar refractivity (Wildman–Crippen MR) is 62.6 cm³/mol. The van der Waals surface area contributed by atoms with Crippen LogP contribution in [0.5, 0.6) is 0 Å². The predicted octanol–water partition coefficient (Wildman–Crippen LogP) is 2.49. The van der Waals surface area contributed by atoms with Crippen LogP contribution in [0.1, 0.15) is 13.8 Å². The van der Waals surface area contributed by atoms with Crippen LogP contribution in [-0.4, -0.2) is 18.8 Å². The molecule has 0 saturated heterocycles. The fourth-order valence-corrected chi connectivity index (χ4v) is 0.748. The third-order valence-corrected chi connectivity index (χ3v) is 2.73. The van der Waals surface area contributed by atoms with Gasteiger partial charge in [0, 0.05) is 0 Å². The first-order valence-corrected chi connectivity index (χ1v) is 5.92. The molecule has 3 nitrogen and oxygen atoms in total. The first-order valence-electron chi connectivity index (χ1n) is 3.16. The Morgan fingerprint density at radius 2 is 1.62 bits per heavy atom. The Balaban J connectivity index is 4.47. The summed E-state index contributed by atoms with van der Waals surface area (Å²) in [7, 11) is 0. The number of rotatable bonds is 2. The van der Waals surface area contributed by atoms with Crippen molar-refractivity contribution in [3.63, 3.8) is 0 Å². The van der Waals surface area contributed by atoms with Crippen LogP contribution < -0.4 is 5.32 Å². The lowest BCUT2D eigenvalue weighted by atomic mass is 10.1. The standard InChI is InChI=1S/C6H7Br3ClNO2/c1-5(2,3(10)12)11-4(13)6(7,8)9/h1-2H3,(H,11,13). The summed E-state index contributed by atoms with van der Waals surface area (Å²) in [6, 6.07) is 0. The van der Waals surface area contributed by atoms with Crippen molar-refractivity contribution in [2.75, 3.05) is 0 Å². The second-order valence-corrected chi connectivity index (χ2v) is 9.95. The molecule has 0 fully saturated rings. The molecule has 7 heteroatoms. The van der Waals surface area contributed by atoms with E-state index in [4.69, 9.17) is 11.6 Å². The average molecular weight is 400 g/mol. The molecule has 0 aliphatic carbocycles. The van der Waals surface area contributed by atoms with Crippen molar-refractivity contribution < 1.29 is 9.59 Å². The number of amides is 1. The molecule has 0 spiro atoms. The largest absolute Gasteiger partial charge is 0.340 e. The number of nitrogens with one attached hydrogen (secondary N) is 1. The van der Waals surface area contributed by atoms with E-state index in [9.17, 15) is 9.59 Å². The smallest absolute Gasteiger partial charge is 0.259 e. The van der Waals surface area contributed by atoms with E-state index in [0.717, 1.165) is 0 Å². The van der Waals surface area contributed by atoms with Gasteiger partial charge >= 0.3 is 0 Å². The van der Waals surface area contributed by atoms with Crippen molar-refractivity contribution in [1.29, 1.82) is 0 Å². The summed E-state index contributed by atoms with van der Waals surface area (Å²) in [5.41, 5.74) is -1.08. The molecule has 0 saturated carbocycles. The summed E-state index contributed by atoms with van der Waals surface area (Å²) in [6.45, 7) is 3.03. The maximum Gasteiger partial charge on any atom is 0.259 e. The second kappa shape index (κ2) is 4.59. The first-order chi connectivity index (χ1) is 5.57. The summed E-state index contributed by atoms with van der Waals surface area (Å²) >= 11 is 14.3. The topological polar surface area (TPSA) is 46.2 Å². The normalized spacial score (nSPS) is 12.5. The molecule has 0 heterocycles. The number of hydrogen-bond donors (Lipinski definition) is 1. The Hall–Kier alpha value is 0.870. The van der Waals surface area contributed by atoms with Gasteiger partial charge in [0.15, 0.2) is 0 Å². The molecule has 1 amide bonds. The monoisotopic (exact) mass is 397 g/mol. The highest BCUT2D eigenvalue weighted by Gasteiger charge is 2.35. The number of carbonyl (C=O) groups is 2. The molecule has 0 radical (unpaired) electrons. The Morgan fingerprint density at radius 1 is 1.23 bits per heavy atom. The highest BCUT2D eigenvalue weighted by Crippen LogP contribution is 2.34. The van der Waals surface area contributed by atoms with Crippen LogP contribution in [0.4, 0.5) is 0 Å². The Morgan fingerprint density at radius 3 is 1.85 bits per heavy atom. The lowest BCUT2D eigenvalue weighted by Crippen LogP contribution is -2.51. The molecule has 76 valence electrons. The summed E-state index contributed by atoms with van der Waals surface area (Å²) in [5, 5.41) is 1.81. The minimum atomic E-state index is -1.08. The van der Waals surface area contributed by atoms with Gasteiger partial charge in [0.05, 0.1) is 0 Å². The molecule has 0 atom stereocenters. The van der Waals surface area contributed by atoms with Crippen molar-refractivity contribution >= 4 is 70.5 Å². The van der Waals surface area contributed by atoms with E-state index in [1.54, 1.807) is 0 Å². The molecular weight excluding hydrogens is 393 g/mol. The molecule has 0 aliphatic heterocycles. The van der Waals surface area contributed by atoms with Gasteiger partial charge in [-0.05, 0) is 73.2 Å². The second-order valence-electron chi connectivity index (χ2n) is 2.85. The maximum absolute atomic E-state index is 11.3. The van der Waals surface area contributed by atoms with E-state index in [0.29, 0.717) is 0 Å². The van der Waals surface area contributed by atoms with Crippen LogP contribution in [0.25, 0.3) is 0 Å². The lowest BCUT2D eigenvalue weighted by molar-refractivity contribution is -0.126. The van der Waals surface area contributed by atoms with E-state index in [1.807, 2.05) is 0 Å². The Kier molecular flexibility index (Phi) is 4.90. The van der Waals surface area contributed by atoms with Crippen molar-refractivity contribution in [3.05, 3.63) is 0 Å². The molecule has 0 aromatic rings. The van der Waals surface area contributed by atoms with E-state index >= 15 is 0 Å². The molecule has 0 bridgehead atoms. The number of carbonyl (C=O) groups excluding carboxylic acids is 2. The molecule has 0 aromatic heterocycles. The molecule has 1 N–H and O–H groups in total.